The molecule has 4 unspecified atom stereocenters. The van der Waals surface area contributed by atoms with Crippen molar-refractivity contribution in [1.29, 1.82) is 0 Å². The summed E-state index contributed by atoms with van der Waals surface area (Å²) in [6, 6.07) is 0. The summed E-state index contributed by atoms with van der Waals surface area (Å²) in [4.78, 5) is 0. The molecule has 1 nitrogen and oxygen atoms in total. The molecule has 0 amide bonds. The van der Waals surface area contributed by atoms with Crippen molar-refractivity contribution in [2.45, 2.75) is 104 Å². The fourth-order valence-corrected chi connectivity index (χ4v) is 4.72. The van der Waals surface area contributed by atoms with Gasteiger partial charge in [0, 0.05) is 0 Å². The number of aliphatic hydroxyl groups is 1. The van der Waals surface area contributed by atoms with Crippen LogP contribution >= 0.6 is 0 Å². The molecule has 4 atom stereocenters. The van der Waals surface area contributed by atoms with Gasteiger partial charge in [-0.15, -0.1) is 0 Å². The van der Waals surface area contributed by atoms with Gasteiger partial charge in [0.2, 0.25) is 0 Å². The third-order valence-corrected chi connectivity index (χ3v) is 6.55. The smallest absolute Gasteiger partial charge is 0.157 e. The SMILES string of the molecule is CC.CC1CCC(C2CCC(C(C)C(F)C(F)C(C)O)CC2)CC1. The zero-order chi connectivity index (χ0) is 18.3. The van der Waals surface area contributed by atoms with Crippen molar-refractivity contribution in [1.82, 2.24) is 0 Å². The normalized spacial score (nSPS) is 36.0. The maximum absolute atomic E-state index is 14.2. The maximum atomic E-state index is 14.2. The van der Waals surface area contributed by atoms with E-state index in [0.717, 1.165) is 30.6 Å². The molecule has 0 saturated heterocycles. The zero-order valence-electron chi connectivity index (χ0n) is 16.5. The summed E-state index contributed by atoms with van der Waals surface area (Å²) in [6.07, 6.45) is 5.42. The molecule has 0 bridgehead atoms. The highest BCUT2D eigenvalue weighted by molar-refractivity contribution is 4.87. The largest absolute Gasteiger partial charge is 0.390 e. The van der Waals surface area contributed by atoms with Crippen LogP contribution < -0.4 is 0 Å². The van der Waals surface area contributed by atoms with Crippen molar-refractivity contribution in [3.05, 3.63) is 0 Å². The van der Waals surface area contributed by atoms with Crippen molar-refractivity contribution in [2.24, 2.45) is 29.6 Å². The van der Waals surface area contributed by atoms with Gasteiger partial charge in [-0.05, 0) is 75.0 Å². The van der Waals surface area contributed by atoms with Gasteiger partial charge in [0.1, 0.15) is 6.17 Å². The van der Waals surface area contributed by atoms with Crippen LogP contribution in [0.2, 0.25) is 0 Å². The van der Waals surface area contributed by atoms with Gasteiger partial charge in [0.25, 0.3) is 0 Å². The Morgan fingerprint density at radius 1 is 0.750 bits per heavy atom. The second-order valence-corrected chi connectivity index (χ2v) is 8.18. The van der Waals surface area contributed by atoms with Gasteiger partial charge in [0.15, 0.2) is 6.17 Å². The summed E-state index contributed by atoms with van der Waals surface area (Å²) in [6.45, 7) is 9.52. The lowest BCUT2D eigenvalue weighted by atomic mass is 9.67. The molecule has 0 radical (unpaired) electrons. The summed E-state index contributed by atoms with van der Waals surface area (Å²) in [5, 5.41) is 9.26. The van der Waals surface area contributed by atoms with E-state index in [-0.39, 0.29) is 11.8 Å². The molecule has 2 rings (SSSR count). The van der Waals surface area contributed by atoms with Gasteiger partial charge in [-0.25, -0.2) is 8.78 Å². The van der Waals surface area contributed by atoms with Crippen LogP contribution in [0, 0.1) is 29.6 Å². The Morgan fingerprint density at radius 2 is 1.17 bits per heavy atom. The van der Waals surface area contributed by atoms with Crippen LogP contribution in [0.4, 0.5) is 8.78 Å². The van der Waals surface area contributed by atoms with E-state index < -0.39 is 18.4 Å². The third-order valence-electron chi connectivity index (χ3n) is 6.55. The van der Waals surface area contributed by atoms with E-state index in [1.54, 1.807) is 0 Å². The average molecular weight is 347 g/mol. The van der Waals surface area contributed by atoms with Gasteiger partial charge < -0.3 is 5.11 Å². The van der Waals surface area contributed by atoms with Crippen molar-refractivity contribution in [3.63, 3.8) is 0 Å². The topological polar surface area (TPSA) is 20.2 Å². The Labute approximate surface area is 148 Å². The van der Waals surface area contributed by atoms with Crippen LogP contribution in [0.5, 0.6) is 0 Å². The first-order valence-corrected chi connectivity index (χ1v) is 10.4. The summed E-state index contributed by atoms with van der Waals surface area (Å²) < 4.78 is 27.9. The molecule has 0 aromatic rings. The lowest BCUT2D eigenvalue weighted by Crippen LogP contribution is -2.38. The molecule has 144 valence electrons. The summed E-state index contributed by atoms with van der Waals surface area (Å²) in [5.41, 5.74) is 0. The van der Waals surface area contributed by atoms with Crippen LogP contribution in [-0.4, -0.2) is 23.6 Å². The molecule has 2 fully saturated rings. The molecule has 2 saturated carbocycles. The standard InChI is InChI=1S/C19H34F2O.C2H6/c1-12-4-6-16(7-5-12)17-10-8-15(9-11-17)13(2)18(20)19(21)14(3)22;1-2/h12-19,22H,4-11H2,1-3H3;1-2H3. The number of alkyl halides is 2. The van der Waals surface area contributed by atoms with E-state index in [1.807, 2.05) is 20.8 Å². The van der Waals surface area contributed by atoms with E-state index in [1.165, 1.54) is 45.4 Å². The molecule has 0 spiro atoms. The number of rotatable bonds is 5. The molecule has 24 heavy (non-hydrogen) atoms. The summed E-state index contributed by atoms with van der Waals surface area (Å²) in [5.74, 6) is 2.58. The van der Waals surface area contributed by atoms with Gasteiger partial charge in [-0.3, -0.25) is 0 Å². The summed E-state index contributed by atoms with van der Waals surface area (Å²) >= 11 is 0. The third kappa shape index (κ3) is 5.97. The predicted molar refractivity (Wildman–Crippen MR) is 98.6 cm³/mol. The molecule has 0 heterocycles. The van der Waals surface area contributed by atoms with E-state index in [2.05, 4.69) is 6.92 Å². The van der Waals surface area contributed by atoms with Crippen molar-refractivity contribution in [3.8, 4) is 0 Å². The van der Waals surface area contributed by atoms with Gasteiger partial charge in [0.05, 0.1) is 6.10 Å². The van der Waals surface area contributed by atoms with Crippen LogP contribution in [0.3, 0.4) is 0 Å². The van der Waals surface area contributed by atoms with E-state index in [9.17, 15) is 13.9 Å². The van der Waals surface area contributed by atoms with Gasteiger partial charge in [-0.2, -0.15) is 0 Å². The first-order valence-electron chi connectivity index (χ1n) is 10.4. The first-order chi connectivity index (χ1) is 11.4. The molecule has 2 aliphatic carbocycles. The van der Waals surface area contributed by atoms with E-state index >= 15 is 0 Å². The molecule has 2 aliphatic rings. The number of halogens is 2. The summed E-state index contributed by atoms with van der Waals surface area (Å²) in [7, 11) is 0. The van der Waals surface area contributed by atoms with Crippen molar-refractivity contribution in [2.75, 3.05) is 0 Å². The highest BCUT2D eigenvalue weighted by atomic mass is 19.2. The quantitative estimate of drug-likeness (QED) is 0.616. The monoisotopic (exact) mass is 346 g/mol. The highest BCUT2D eigenvalue weighted by Gasteiger charge is 2.37. The van der Waals surface area contributed by atoms with Gasteiger partial charge >= 0.3 is 0 Å². The number of hydrogen-bond acceptors (Lipinski definition) is 1. The molecule has 0 aliphatic heterocycles. The van der Waals surface area contributed by atoms with E-state index in [0.29, 0.717) is 0 Å². The van der Waals surface area contributed by atoms with E-state index in [4.69, 9.17) is 0 Å². The van der Waals surface area contributed by atoms with Crippen molar-refractivity contribution < 1.29 is 13.9 Å². The minimum atomic E-state index is -1.74. The van der Waals surface area contributed by atoms with Crippen molar-refractivity contribution >= 4 is 0 Å². The number of hydrogen-bond donors (Lipinski definition) is 1. The Hall–Kier alpha value is -0.180. The molecule has 1 N–H and O–H groups in total. The Bertz CT molecular complexity index is 318. The van der Waals surface area contributed by atoms with Crippen LogP contribution in [0.25, 0.3) is 0 Å². The first kappa shape index (κ1) is 21.9. The highest BCUT2D eigenvalue weighted by Crippen LogP contribution is 2.43. The molecular weight excluding hydrogens is 306 g/mol. The van der Waals surface area contributed by atoms with Crippen LogP contribution in [0.1, 0.15) is 86.0 Å². The number of aliphatic hydroxyl groups excluding tert-OH is 1. The average Bonchev–Trinajstić information content (AvgIpc) is 2.62. The second-order valence-electron chi connectivity index (χ2n) is 8.18. The fraction of sp³-hybridized carbons (Fsp3) is 1.00. The lowest BCUT2D eigenvalue weighted by molar-refractivity contribution is -0.00377. The minimum Gasteiger partial charge on any atom is -0.390 e. The van der Waals surface area contributed by atoms with Crippen LogP contribution in [-0.2, 0) is 0 Å². The second kappa shape index (κ2) is 10.7. The van der Waals surface area contributed by atoms with Gasteiger partial charge in [-0.1, -0.05) is 40.5 Å². The predicted octanol–water partition coefficient (Wildman–Crippen LogP) is 6.34. The molecular formula is C21H40F2O. The fourth-order valence-electron chi connectivity index (χ4n) is 4.72. The molecule has 0 aromatic heterocycles. The molecule has 0 aromatic carbocycles. The lowest BCUT2D eigenvalue weighted by Gasteiger charge is -2.39. The molecule has 3 heteroatoms. The Balaban J connectivity index is 0.00000139. The zero-order valence-corrected chi connectivity index (χ0v) is 16.5. The maximum Gasteiger partial charge on any atom is 0.157 e. The Kier molecular flexibility index (Phi) is 9.77. The van der Waals surface area contributed by atoms with Crippen LogP contribution in [0.15, 0.2) is 0 Å². The minimum absolute atomic E-state index is 0.281. The Morgan fingerprint density at radius 3 is 1.58 bits per heavy atom.